The van der Waals surface area contributed by atoms with Gasteiger partial charge in [-0.3, -0.25) is 24.6 Å². The Hall–Kier alpha value is -4.06. The molecule has 30 heavy (non-hydrogen) atoms. The zero-order valence-electron chi connectivity index (χ0n) is 16.2. The van der Waals surface area contributed by atoms with Gasteiger partial charge in [0.25, 0.3) is 11.8 Å². The summed E-state index contributed by atoms with van der Waals surface area (Å²) < 4.78 is 0. The molecule has 3 aromatic carbocycles. The van der Waals surface area contributed by atoms with Crippen molar-refractivity contribution in [3.63, 3.8) is 0 Å². The lowest BCUT2D eigenvalue weighted by atomic mass is 9.95. The molecule has 0 aromatic heterocycles. The minimum absolute atomic E-state index is 0.148. The number of ketones is 1. The van der Waals surface area contributed by atoms with Gasteiger partial charge in [-0.2, -0.15) is 5.01 Å². The van der Waals surface area contributed by atoms with E-state index >= 15 is 0 Å². The van der Waals surface area contributed by atoms with E-state index in [1.165, 1.54) is 0 Å². The van der Waals surface area contributed by atoms with Crippen molar-refractivity contribution in [2.24, 2.45) is 0 Å². The Balaban J connectivity index is 1.52. The van der Waals surface area contributed by atoms with Gasteiger partial charge in [-0.25, -0.2) is 0 Å². The number of carbonyl (C=O) groups excluding carboxylic acids is 4. The van der Waals surface area contributed by atoms with Crippen LogP contribution in [0.5, 0.6) is 0 Å². The molecule has 6 heteroatoms. The fourth-order valence-corrected chi connectivity index (χ4v) is 3.35. The predicted octanol–water partition coefficient (Wildman–Crippen LogP) is 3.35. The smallest absolute Gasteiger partial charge is 0.280 e. The van der Waals surface area contributed by atoms with E-state index in [9.17, 15) is 19.2 Å². The minimum Gasteiger partial charge on any atom is -0.289 e. The second kappa shape index (κ2) is 7.75. The summed E-state index contributed by atoms with van der Waals surface area (Å²) >= 11 is 0. The molecule has 0 fully saturated rings. The largest absolute Gasteiger partial charge is 0.289 e. The number of fused-ring (bicyclic) bond motifs is 1. The molecule has 4 rings (SSSR count). The molecule has 0 spiro atoms. The number of nitrogens with one attached hydrogen (secondary N) is 1. The number of hydrogen-bond donors (Lipinski definition) is 1. The number of hydrazine groups is 1. The Bertz CT molecular complexity index is 1140. The van der Waals surface area contributed by atoms with Crippen LogP contribution in [-0.4, -0.2) is 28.5 Å². The summed E-state index contributed by atoms with van der Waals surface area (Å²) in [4.78, 5) is 50.3. The van der Waals surface area contributed by atoms with E-state index in [0.29, 0.717) is 16.7 Å². The minimum atomic E-state index is -0.683. The van der Waals surface area contributed by atoms with Crippen LogP contribution in [0.1, 0.15) is 55.0 Å². The molecule has 1 heterocycles. The molecule has 0 bridgehead atoms. The van der Waals surface area contributed by atoms with Crippen molar-refractivity contribution < 1.29 is 19.2 Å². The molecule has 1 atom stereocenters. The number of imide groups is 1. The first kappa shape index (κ1) is 19.3. The van der Waals surface area contributed by atoms with Crippen molar-refractivity contribution in [3.05, 3.63) is 107 Å². The van der Waals surface area contributed by atoms with Gasteiger partial charge < -0.3 is 0 Å². The lowest BCUT2D eigenvalue weighted by Gasteiger charge is -2.19. The first-order valence-electron chi connectivity index (χ1n) is 9.45. The third kappa shape index (κ3) is 3.39. The number of nitrogens with zero attached hydrogens (tertiary/aromatic N) is 1. The van der Waals surface area contributed by atoms with E-state index in [2.05, 4.69) is 5.43 Å². The highest BCUT2D eigenvalue weighted by molar-refractivity contribution is 6.21. The van der Waals surface area contributed by atoms with Crippen LogP contribution in [0.4, 0.5) is 0 Å². The standard InChI is InChI=1S/C24H18N2O4/c1-15(17-10-7-11-18(14-17)21(27)16-8-3-2-4-9-16)22(28)25-26-23(29)19-12-5-6-13-20(19)24(26)30/h2-15H,1H3,(H,25,28). The van der Waals surface area contributed by atoms with Gasteiger partial charge in [-0.1, -0.05) is 60.7 Å². The van der Waals surface area contributed by atoms with E-state index in [1.54, 1.807) is 79.7 Å². The zero-order chi connectivity index (χ0) is 21.3. The molecule has 0 aliphatic carbocycles. The molecule has 1 unspecified atom stereocenters. The fraction of sp³-hybridized carbons (Fsp3) is 0.0833. The van der Waals surface area contributed by atoms with Crippen LogP contribution in [-0.2, 0) is 4.79 Å². The number of benzene rings is 3. The first-order chi connectivity index (χ1) is 14.5. The summed E-state index contributed by atoms with van der Waals surface area (Å²) in [5, 5.41) is 0.739. The molecule has 1 aliphatic rings. The lowest BCUT2D eigenvalue weighted by Crippen LogP contribution is -2.47. The molecule has 3 aromatic rings. The first-order valence-corrected chi connectivity index (χ1v) is 9.45. The van der Waals surface area contributed by atoms with Crippen molar-refractivity contribution >= 4 is 23.5 Å². The average Bonchev–Trinajstić information content (AvgIpc) is 3.03. The van der Waals surface area contributed by atoms with Crippen LogP contribution in [0.3, 0.4) is 0 Å². The molecule has 1 N–H and O–H groups in total. The monoisotopic (exact) mass is 398 g/mol. The molecule has 148 valence electrons. The Labute approximate surface area is 173 Å². The molecule has 6 nitrogen and oxygen atoms in total. The van der Waals surface area contributed by atoms with Crippen molar-refractivity contribution in [2.75, 3.05) is 0 Å². The van der Waals surface area contributed by atoms with Crippen molar-refractivity contribution in [1.29, 1.82) is 0 Å². The summed E-state index contributed by atoms with van der Waals surface area (Å²) in [5.41, 5.74) is 4.54. The number of rotatable bonds is 5. The number of hydrogen-bond acceptors (Lipinski definition) is 4. The van der Waals surface area contributed by atoms with Gasteiger partial charge in [0.15, 0.2) is 5.78 Å². The van der Waals surface area contributed by atoms with Crippen LogP contribution >= 0.6 is 0 Å². The maximum absolute atomic E-state index is 12.8. The highest BCUT2D eigenvalue weighted by Crippen LogP contribution is 2.23. The van der Waals surface area contributed by atoms with Gasteiger partial charge in [0, 0.05) is 11.1 Å². The number of amides is 3. The third-order valence-corrected chi connectivity index (χ3v) is 5.09. The van der Waals surface area contributed by atoms with Crippen LogP contribution in [0.15, 0.2) is 78.9 Å². The quantitative estimate of drug-likeness (QED) is 0.528. The van der Waals surface area contributed by atoms with Gasteiger partial charge >= 0.3 is 0 Å². The molecule has 0 saturated heterocycles. The lowest BCUT2D eigenvalue weighted by molar-refractivity contribution is -0.125. The zero-order valence-corrected chi connectivity index (χ0v) is 16.2. The molecule has 3 amide bonds. The SMILES string of the molecule is CC(C(=O)NN1C(=O)c2ccccc2C1=O)c1cccc(C(=O)c2ccccc2)c1. The normalized spacial score (nSPS) is 13.7. The van der Waals surface area contributed by atoms with E-state index in [4.69, 9.17) is 0 Å². The van der Waals surface area contributed by atoms with Gasteiger partial charge in [0.1, 0.15) is 0 Å². The maximum atomic E-state index is 12.8. The molecule has 0 saturated carbocycles. The third-order valence-electron chi connectivity index (χ3n) is 5.09. The van der Waals surface area contributed by atoms with Gasteiger partial charge in [0.2, 0.25) is 5.91 Å². The number of carbonyl (C=O) groups is 4. The average molecular weight is 398 g/mol. The van der Waals surface area contributed by atoms with Crippen LogP contribution in [0.25, 0.3) is 0 Å². The summed E-state index contributed by atoms with van der Waals surface area (Å²) in [6.45, 7) is 1.65. The Morgan fingerprint density at radius 2 is 1.33 bits per heavy atom. The van der Waals surface area contributed by atoms with Gasteiger partial charge in [-0.05, 0) is 30.7 Å². The topological polar surface area (TPSA) is 83.6 Å². The predicted molar refractivity (Wildman–Crippen MR) is 110 cm³/mol. The van der Waals surface area contributed by atoms with Crippen LogP contribution < -0.4 is 5.43 Å². The van der Waals surface area contributed by atoms with Crippen LogP contribution in [0, 0.1) is 0 Å². The Morgan fingerprint density at radius 3 is 1.97 bits per heavy atom. The summed E-state index contributed by atoms with van der Waals surface area (Å²) in [6.07, 6.45) is 0. The summed E-state index contributed by atoms with van der Waals surface area (Å²) in [6, 6.07) is 22.1. The van der Waals surface area contributed by atoms with E-state index < -0.39 is 23.6 Å². The van der Waals surface area contributed by atoms with Crippen molar-refractivity contribution in [1.82, 2.24) is 10.4 Å². The Morgan fingerprint density at radius 1 is 0.767 bits per heavy atom. The molecular formula is C24H18N2O4. The fourth-order valence-electron chi connectivity index (χ4n) is 3.35. The van der Waals surface area contributed by atoms with Crippen molar-refractivity contribution in [3.8, 4) is 0 Å². The summed E-state index contributed by atoms with van der Waals surface area (Å²) in [5.74, 6) is -2.48. The van der Waals surface area contributed by atoms with Gasteiger partial charge in [0.05, 0.1) is 17.0 Å². The maximum Gasteiger partial charge on any atom is 0.280 e. The van der Waals surface area contributed by atoms with E-state index in [1.807, 2.05) is 6.07 Å². The highest BCUT2D eigenvalue weighted by atomic mass is 16.2. The Kier molecular flexibility index (Phi) is 4.98. The van der Waals surface area contributed by atoms with E-state index in [0.717, 1.165) is 5.01 Å². The van der Waals surface area contributed by atoms with E-state index in [-0.39, 0.29) is 16.9 Å². The molecule has 1 aliphatic heterocycles. The molecular weight excluding hydrogens is 380 g/mol. The van der Waals surface area contributed by atoms with Crippen LogP contribution in [0.2, 0.25) is 0 Å². The van der Waals surface area contributed by atoms with Gasteiger partial charge in [-0.15, -0.1) is 0 Å². The van der Waals surface area contributed by atoms with Crippen molar-refractivity contribution in [2.45, 2.75) is 12.8 Å². The highest BCUT2D eigenvalue weighted by Gasteiger charge is 2.37. The molecule has 0 radical (unpaired) electrons. The second-order valence-electron chi connectivity index (χ2n) is 7.01. The second-order valence-corrected chi connectivity index (χ2v) is 7.01. The summed E-state index contributed by atoms with van der Waals surface area (Å²) in [7, 11) is 0.